The van der Waals surface area contributed by atoms with Crippen molar-refractivity contribution in [3.63, 3.8) is 0 Å². The van der Waals surface area contributed by atoms with Crippen molar-refractivity contribution in [2.24, 2.45) is 0 Å². The average Bonchev–Trinajstić information content (AvgIpc) is 2.84. The first-order chi connectivity index (χ1) is 16.0. The number of carbonyl (C=O) groups is 1. The van der Waals surface area contributed by atoms with Gasteiger partial charge in [0.15, 0.2) is 5.82 Å². The smallest absolute Gasteiger partial charge is 0.329 e. The molecule has 1 aromatic carbocycles. The van der Waals surface area contributed by atoms with Gasteiger partial charge in [-0.1, -0.05) is 58.7 Å². The van der Waals surface area contributed by atoms with E-state index in [1.165, 1.54) is 16.7 Å². The summed E-state index contributed by atoms with van der Waals surface area (Å²) >= 11 is 0. The zero-order valence-corrected chi connectivity index (χ0v) is 20.1. The lowest BCUT2D eigenvalue weighted by Crippen LogP contribution is -2.46. The minimum atomic E-state index is -1.10. The van der Waals surface area contributed by atoms with Gasteiger partial charge >= 0.3 is 5.97 Å². The molecule has 2 aromatic heterocycles. The number of hydrogen-bond donors (Lipinski definition) is 3. The summed E-state index contributed by atoms with van der Waals surface area (Å²) in [5, 5.41) is 16.7. The summed E-state index contributed by atoms with van der Waals surface area (Å²) in [7, 11) is 0. The highest BCUT2D eigenvalue weighted by Gasteiger charge is 2.37. The molecule has 1 atom stereocenters. The number of anilines is 2. The number of aromatic nitrogens is 3. The average molecular weight is 450 g/mol. The van der Waals surface area contributed by atoms with Crippen LogP contribution in [0.4, 0.5) is 11.8 Å². The fourth-order valence-electron chi connectivity index (χ4n) is 4.05. The number of aryl methyl sites for hydroxylation is 2. The Morgan fingerprint density at radius 3 is 2.55 bits per heavy atom. The number of pyridine rings is 1. The predicted molar refractivity (Wildman–Crippen MR) is 134 cm³/mol. The number of benzene rings is 1. The second-order valence-electron chi connectivity index (χ2n) is 8.40. The summed E-state index contributed by atoms with van der Waals surface area (Å²) in [4.78, 5) is 26.0. The van der Waals surface area contributed by atoms with Crippen LogP contribution < -0.4 is 10.6 Å². The number of nitrogens with one attached hydrogen (secondary N) is 2. The van der Waals surface area contributed by atoms with E-state index in [9.17, 15) is 9.90 Å². The molecule has 0 aliphatic heterocycles. The molecule has 0 saturated carbocycles. The highest BCUT2D eigenvalue weighted by molar-refractivity contribution is 5.90. The molecule has 0 spiro atoms. The van der Waals surface area contributed by atoms with E-state index in [0.29, 0.717) is 42.2 Å². The SMILES string of the molecule is CCCCC(CC)(Nc1nc(NCc2ccc(CC)cc2CC)nc2cccnc12)C(=O)O. The van der Waals surface area contributed by atoms with Gasteiger partial charge in [0, 0.05) is 12.7 Å². The van der Waals surface area contributed by atoms with Crippen LogP contribution in [-0.4, -0.2) is 31.6 Å². The number of unbranched alkanes of at least 4 members (excludes halogenated alkanes) is 1. The molecule has 3 rings (SSSR count). The van der Waals surface area contributed by atoms with E-state index in [1.54, 1.807) is 6.20 Å². The number of carboxylic acid groups (broad SMARTS) is 1. The normalized spacial score (nSPS) is 13.0. The molecule has 1 unspecified atom stereocenters. The van der Waals surface area contributed by atoms with Crippen LogP contribution in [0.25, 0.3) is 11.0 Å². The number of rotatable bonds is 12. The highest BCUT2D eigenvalue weighted by Crippen LogP contribution is 2.28. The molecule has 0 aliphatic carbocycles. The minimum Gasteiger partial charge on any atom is -0.480 e. The Balaban J connectivity index is 1.95. The number of hydrogen-bond acceptors (Lipinski definition) is 6. The molecule has 7 nitrogen and oxygen atoms in total. The molecular formula is C26H35N5O2. The number of nitrogens with zero attached hydrogens (tertiary/aromatic N) is 3. The number of aliphatic carboxylic acids is 1. The first-order valence-corrected chi connectivity index (χ1v) is 11.9. The van der Waals surface area contributed by atoms with Crippen molar-refractivity contribution in [1.82, 2.24) is 15.0 Å². The lowest BCUT2D eigenvalue weighted by Gasteiger charge is -2.30. The van der Waals surface area contributed by atoms with Crippen molar-refractivity contribution >= 4 is 28.8 Å². The Hall–Kier alpha value is -3.22. The van der Waals surface area contributed by atoms with Gasteiger partial charge in [0.1, 0.15) is 11.1 Å². The molecule has 0 bridgehead atoms. The van der Waals surface area contributed by atoms with Crippen molar-refractivity contribution in [3.05, 3.63) is 53.2 Å². The van der Waals surface area contributed by atoms with Gasteiger partial charge in [0.05, 0.1) is 5.52 Å². The Morgan fingerprint density at radius 2 is 1.88 bits per heavy atom. The van der Waals surface area contributed by atoms with Crippen molar-refractivity contribution < 1.29 is 9.90 Å². The minimum absolute atomic E-state index is 0.438. The molecule has 0 saturated heterocycles. The van der Waals surface area contributed by atoms with Gasteiger partial charge in [0.25, 0.3) is 0 Å². The Labute approximate surface area is 196 Å². The van der Waals surface area contributed by atoms with Crippen LogP contribution in [0.3, 0.4) is 0 Å². The van der Waals surface area contributed by atoms with Crippen molar-refractivity contribution in [1.29, 1.82) is 0 Å². The van der Waals surface area contributed by atoms with Crippen LogP contribution in [0, 0.1) is 0 Å². The molecule has 33 heavy (non-hydrogen) atoms. The van der Waals surface area contributed by atoms with E-state index < -0.39 is 11.5 Å². The van der Waals surface area contributed by atoms with Crippen molar-refractivity contribution in [2.75, 3.05) is 10.6 Å². The van der Waals surface area contributed by atoms with Gasteiger partial charge in [-0.25, -0.2) is 9.78 Å². The summed E-state index contributed by atoms with van der Waals surface area (Å²) in [5.41, 5.74) is 3.97. The van der Waals surface area contributed by atoms with Gasteiger partial charge < -0.3 is 15.7 Å². The lowest BCUT2D eigenvalue weighted by molar-refractivity contribution is -0.142. The van der Waals surface area contributed by atoms with Crippen LogP contribution >= 0.6 is 0 Å². The molecule has 0 aliphatic rings. The zero-order valence-electron chi connectivity index (χ0n) is 20.1. The van der Waals surface area contributed by atoms with E-state index in [4.69, 9.17) is 0 Å². The molecule has 0 radical (unpaired) electrons. The monoisotopic (exact) mass is 449 g/mol. The van der Waals surface area contributed by atoms with Crippen LogP contribution in [0.5, 0.6) is 0 Å². The molecule has 2 heterocycles. The van der Waals surface area contributed by atoms with Gasteiger partial charge in [-0.15, -0.1) is 0 Å². The standard InChI is InChI=1S/C26H35N5O2/c1-5-9-14-26(8-4,24(32)33)31-23-22-21(11-10-15-27-22)29-25(30-23)28-17-20-13-12-18(6-2)16-19(20)7-3/h10-13,15-16H,5-9,14,17H2,1-4H3,(H,32,33)(H2,28,29,30,31). The largest absolute Gasteiger partial charge is 0.480 e. The Kier molecular flexibility index (Phi) is 8.20. The number of fused-ring (bicyclic) bond motifs is 1. The third kappa shape index (κ3) is 5.59. The van der Waals surface area contributed by atoms with E-state index in [-0.39, 0.29) is 0 Å². The fraction of sp³-hybridized carbons (Fsp3) is 0.462. The maximum absolute atomic E-state index is 12.3. The summed E-state index contributed by atoms with van der Waals surface area (Å²) in [6.07, 6.45) is 6.32. The van der Waals surface area contributed by atoms with E-state index in [0.717, 1.165) is 25.7 Å². The molecule has 0 amide bonds. The third-order valence-electron chi connectivity index (χ3n) is 6.28. The van der Waals surface area contributed by atoms with Gasteiger partial charge in [-0.2, -0.15) is 4.98 Å². The molecule has 176 valence electrons. The van der Waals surface area contributed by atoms with Gasteiger partial charge in [-0.3, -0.25) is 4.98 Å². The molecule has 3 N–H and O–H groups in total. The first kappa shape index (κ1) is 24.4. The lowest BCUT2D eigenvalue weighted by atomic mass is 9.89. The number of carboxylic acids is 1. The quantitative estimate of drug-likeness (QED) is 0.331. The van der Waals surface area contributed by atoms with E-state index in [2.05, 4.69) is 64.6 Å². The summed E-state index contributed by atoms with van der Waals surface area (Å²) in [5.74, 6) is 0.0188. The topological polar surface area (TPSA) is 100 Å². The first-order valence-electron chi connectivity index (χ1n) is 11.9. The zero-order chi connectivity index (χ0) is 23.8. The Morgan fingerprint density at radius 1 is 1.06 bits per heavy atom. The molecule has 0 fully saturated rings. The molecule has 3 aromatic rings. The molecule has 7 heteroatoms. The Bertz CT molecular complexity index is 1100. The second kappa shape index (κ2) is 11.1. The fourth-order valence-corrected chi connectivity index (χ4v) is 4.05. The van der Waals surface area contributed by atoms with Crippen LogP contribution in [0.2, 0.25) is 0 Å². The second-order valence-corrected chi connectivity index (χ2v) is 8.40. The summed E-state index contributed by atoms with van der Waals surface area (Å²) < 4.78 is 0. The van der Waals surface area contributed by atoms with Crippen LogP contribution in [0.1, 0.15) is 70.1 Å². The summed E-state index contributed by atoms with van der Waals surface area (Å²) in [6.45, 7) is 8.85. The maximum Gasteiger partial charge on any atom is 0.329 e. The molecular weight excluding hydrogens is 414 g/mol. The van der Waals surface area contributed by atoms with Gasteiger partial charge in [-0.05, 0) is 54.5 Å². The summed E-state index contributed by atoms with van der Waals surface area (Å²) in [6, 6.07) is 10.3. The predicted octanol–water partition coefficient (Wildman–Crippen LogP) is 5.60. The maximum atomic E-state index is 12.3. The van der Waals surface area contributed by atoms with Crippen molar-refractivity contribution in [3.8, 4) is 0 Å². The van der Waals surface area contributed by atoms with Crippen LogP contribution in [0.15, 0.2) is 36.5 Å². The van der Waals surface area contributed by atoms with Crippen LogP contribution in [-0.2, 0) is 24.2 Å². The van der Waals surface area contributed by atoms with E-state index in [1.807, 2.05) is 19.1 Å². The highest BCUT2D eigenvalue weighted by atomic mass is 16.4. The van der Waals surface area contributed by atoms with Crippen molar-refractivity contribution in [2.45, 2.75) is 78.3 Å². The third-order valence-corrected chi connectivity index (χ3v) is 6.28. The van der Waals surface area contributed by atoms with E-state index >= 15 is 0 Å². The van der Waals surface area contributed by atoms with Gasteiger partial charge in [0.2, 0.25) is 5.95 Å².